The number of thiophene rings is 1. The second-order valence-electron chi connectivity index (χ2n) is 4.22. The number of hydrogen-bond donors (Lipinski definition) is 1. The van der Waals surface area contributed by atoms with Crippen molar-refractivity contribution < 1.29 is 0 Å². The van der Waals surface area contributed by atoms with Crippen LogP contribution in [-0.4, -0.2) is 22.6 Å². The molecule has 1 N–H and O–H groups in total. The Kier molecular flexibility index (Phi) is 2.76. The Bertz CT molecular complexity index is 441. The SMILES string of the molecule is c1csc(Cn2cncc2C2CCNC2)c1. The summed E-state index contributed by atoms with van der Waals surface area (Å²) in [6.45, 7) is 3.19. The van der Waals surface area contributed by atoms with Gasteiger partial charge in [0.1, 0.15) is 0 Å². The average Bonchev–Trinajstić information content (AvgIpc) is 2.98. The van der Waals surface area contributed by atoms with Crippen LogP contribution in [0.4, 0.5) is 0 Å². The zero-order chi connectivity index (χ0) is 10.8. The molecule has 0 amide bonds. The van der Waals surface area contributed by atoms with Crippen LogP contribution in [0.1, 0.15) is 22.9 Å². The molecule has 2 aromatic heterocycles. The Morgan fingerprint density at radius 2 is 2.56 bits per heavy atom. The monoisotopic (exact) mass is 233 g/mol. The predicted molar refractivity (Wildman–Crippen MR) is 65.9 cm³/mol. The maximum Gasteiger partial charge on any atom is 0.0951 e. The normalized spacial score (nSPS) is 20.4. The van der Waals surface area contributed by atoms with Crippen molar-refractivity contribution in [2.24, 2.45) is 0 Å². The molecule has 0 radical (unpaired) electrons. The van der Waals surface area contributed by atoms with Crippen molar-refractivity contribution in [2.75, 3.05) is 13.1 Å². The van der Waals surface area contributed by atoms with E-state index in [-0.39, 0.29) is 0 Å². The largest absolute Gasteiger partial charge is 0.329 e. The van der Waals surface area contributed by atoms with Gasteiger partial charge in [-0.3, -0.25) is 0 Å². The zero-order valence-electron chi connectivity index (χ0n) is 9.10. The van der Waals surface area contributed by atoms with E-state index in [1.807, 2.05) is 23.9 Å². The summed E-state index contributed by atoms with van der Waals surface area (Å²) in [6, 6.07) is 4.29. The summed E-state index contributed by atoms with van der Waals surface area (Å²) in [7, 11) is 0. The quantitative estimate of drug-likeness (QED) is 0.879. The average molecular weight is 233 g/mol. The summed E-state index contributed by atoms with van der Waals surface area (Å²) in [5.41, 5.74) is 1.37. The van der Waals surface area contributed by atoms with Gasteiger partial charge in [-0.1, -0.05) is 6.07 Å². The zero-order valence-corrected chi connectivity index (χ0v) is 9.91. The molecule has 1 fully saturated rings. The van der Waals surface area contributed by atoms with Crippen molar-refractivity contribution in [1.82, 2.24) is 14.9 Å². The van der Waals surface area contributed by atoms with E-state index in [4.69, 9.17) is 0 Å². The highest BCUT2D eigenvalue weighted by atomic mass is 32.1. The number of hydrogen-bond acceptors (Lipinski definition) is 3. The first-order chi connectivity index (χ1) is 7.93. The molecule has 3 nitrogen and oxygen atoms in total. The Balaban J connectivity index is 1.82. The molecule has 84 valence electrons. The van der Waals surface area contributed by atoms with Crippen LogP contribution in [0, 0.1) is 0 Å². The number of aromatic nitrogens is 2. The maximum atomic E-state index is 4.29. The number of imidazole rings is 1. The van der Waals surface area contributed by atoms with E-state index in [1.54, 1.807) is 0 Å². The van der Waals surface area contributed by atoms with Crippen molar-refractivity contribution in [3.63, 3.8) is 0 Å². The fourth-order valence-corrected chi connectivity index (χ4v) is 2.98. The molecule has 1 saturated heterocycles. The minimum atomic E-state index is 0.641. The summed E-state index contributed by atoms with van der Waals surface area (Å²) in [5.74, 6) is 0.641. The lowest BCUT2D eigenvalue weighted by Crippen LogP contribution is -2.11. The third kappa shape index (κ3) is 1.90. The van der Waals surface area contributed by atoms with Gasteiger partial charge in [0.05, 0.1) is 12.9 Å². The van der Waals surface area contributed by atoms with Gasteiger partial charge in [-0.2, -0.15) is 0 Å². The van der Waals surface area contributed by atoms with Crippen molar-refractivity contribution >= 4 is 11.3 Å². The van der Waals surface area contributed by atoms with E-state index in [2.05, 4.69) is 32.4 Å². The van der Waals surface area contributed by atoms with Crippen LogP contribution in [0.5, 0.6) is 0 Å². The Morgan fingerprint density at radius 3 is 3.31 bits per heavy atom. The summed E-state index contributed by atoms with van der Waals surface area (Å²) in [4.78, 5) is 5.68. The third-order valence-corrected chi connectivity index (χ3v) is 3.99. The standard InChI is InChI=1S/C12H15N3S/c1-2-11(16-5-1)8-15-9-14-7-12(15)10-3-4-13-6-10/h1-2,5,7,9-10,13H,3-4,6,8H2. The summed E-state index contributed by atoms with van der Waals surface area (Å²) < 4.78 is 2.28. The predicted octanol–water partition coefficient (Wildman–Crippen LogP) is 2.07. The lowest BCUT2D eigenvalue weighted by molar-refractivity contribution is 0.658. The highest BCUT2D eigenvalue weighted by molar-refractivity contribution is 7.09. The third-order valence-electron chi connectivity index (χ3n) is 3.13. The fourth-order valence-electron chi connectivity index (χ4n) is 2.28. The van der Waals surface area contributed by atoms with E-state index in [9.17, 15) is 0 Å². The Morgan fingerprint density at radius 1 is 1.56 bits per heavy atom. The second kappa shape index (κ2) is 4.39. The van der Waals surface area contributed by atoms with E-state index in [0.29, 0.717) is 5.92 Å². The number of rotatable bonds is 3. The first-order valence-corrected chi connectivity index (χ1v) is 6.54. The second-order valence-corrected chi connectivity index (χ2v) is 5.25. The van der Waals surface area contributed by atoms with Crippen LogP contribution in [0.2, 0.25) is 0 Å². The van der Waals surface area contributed by atoms with Crippen LogP contribution in [0.25, 0.3) is 0 Å². The van der Waals surface area contributed by atoms with Gasteiger partial charge in [0.15, 0.2) is 0 Å². The molecule has 0 aromatic carbocycles. The van der Waals surface area contributed by atoms with E-state index in [0.717, 1.165) is 19.6 Å². The van der Waals surface area contributed by atoms with Gasteiger partial charge in [-0.25, -0.2) is 4.98 Å². The summed E-state index contributed by atoms with van der Waals surface area (Å²) in [6.07, 6.45) is 5.20. The van der Waals surface area contributed by atoms with Crippen LogP contribution >= 0.6 is 11.3 Å². The van der Waals surface area contributed by atoms with E-state index >= 15 is 0 Å². The molecule has 2 aromatic rings. The molecule has 1 atom stereocenters. The minimum Gasteiger partial charge on any atom is -0.329 e. The summed E-state index contributed by atoms with van der Waals surface area (Å²) >= 11 is 1.81. The highest BCUT2D eigenvalue weighted by Gasteiger charge is 2.20. The first-order valence-electron chi connectivity index (χ1n) is 5.66. The molecule has 0 spiro atoms. The molecule has 1 unspecified atom stereocenters. The summed E-state index contributed by atoms with van der Waals surface area (Å²) in [5, 5.41) is 5.54. The first kappa shape index (κ1) is 10.1. The molecule has 4 heteroatoms. The Labute approximate surface area is 99.1 Å². The molecule has 1 aliphatic rings. The highest BCUT2D eigenvalue weighted by Crippen LogP contribution is 2.23. The van der Waals surface area contributed by atoms with Gasteiger partial charge < -0.3 is 9.88 Å². The van der Waals surface area contributed by atoms with Gasteiger partial charge in [0, 0.05) is 29.2 Å². The molecule has 16 heavy (non-hydrogen) atoms. The van der Waals surface area contributed by atoms with Gasteiger partial charge >= 0.3 is 0 Å². The molecule has 0 saturated carbocycles. The van der Waals surface area contributed by atoms with Crippen LogP contribution in [0.3, 0.4) is 0 Å². The van der Waals surface area contributed by atoms with Crippen LogP contribution < -0.4 is 5.32 Å². The molecular weight excluding hydrogens is 218 g/mol. The lowest BCUT2D eigenvalue weighted by Gasteiger charge is -2.11. The molecular formula is C12H15N3S. The van der Waals surface area contributed by atoms with Gasteiger partial charge in [0.2, 0.25) is 0 Å². The van der Waals surface area contributed by atoms with Gasteiger partial charge in [0.25, 0.3) is 0 Å². The van der Waals surface area contributed by atoms with Crippen molar-refractivity contribution in [2.45, 2.75) is 18.9 Å². The smallest absolute Gasteiger partial charge is 0.0951 e. The lowest BCUT2D eigenvalue weighted by atomic mass is 10.1. The van der Waals surface area contributed by atoms with Crippen molar-refractivity contribution in [3.05, 3.63) is 40.6 Å². The fraction of sp³-hybridized carbons (Fsp3) is 0.417. The number of nitrogens with one attached hydrogen (secondary N) is 1. The maximum absolute atomic E-state index is 4.29. The van der Waals surface area contributed by atoms with Crippen LogP contribution in [-0.2, 0) is 6.54 Å². The minimum absolute atomic E-state index is 0.641. The molecule has 1 aliphatic heterocycles. The Hall–Kier alpha value is -1.13. The topological polar surface area (TPSA) is 29.9 Å². The van der Waals surface area contributed by atoms with E-state index in [1.165, 1.54) is 17.0 Å². The van der Waals surface area contributed by atoms with Crippen molar-refractivity contribution in [3.8, 4) is 0 Å². The molecule has 0 bridgehead atoms. The van der Waals surface area contributed by atoms with Gasteiger partial charge in [-0.05, 0) is 24.4 Å². The molecule has 0 aliphatic carbocycles. The van der Waals surface area contributed by atoms with Crippen LogP contribution in [0.15, 0.2) is 30.0 Å². The van der Waals surface area contributed by atoms with Gasteiger partial charge in [-0.15, -0.1) is 11.3 Å². The van der Waals surface area contributed by atoms with E-state index < -0.39 is 0 Å². The number of nitrogens with zero attached hydrogens (tertiary/aromatic N) is 2. The molecule has 3 rings (SSSR count). The molecule has 3 heterocycles. The van der Waals surface area contributed by atoms with Crippen molar-refractivity contribution in [1.29, 1.82) is 0 Å².